The van der Waals surface area contributed by atoms with Crippen molar-refractivity contribution in [3.05, 3.63) is 0 Å². The van der Waals surface area contributed by atoms with Crippen LogP contribution in [-0.4, -0.2) is 78.8 Å². The van der Waals surface area contributed by atoms with Crippen LogP contribution in [0.5, 0.6) is 0 Å². The van der Waals surface area contributed by atoms with Crippen molar-refractivity contribution in [1.29, 1.82) is 0 Å². The molecule has 2 amide bonds. The van der Waals surface area contributed by atoms with E-state index in [1.54, 1.807) is 0 Å². The molecule has 0 saturated carbocycles. The number of ether oxygens (including phenoxy) is 1. The van der Waals surface area contributed by atoms with Crippen molar-refractivity contribution in [3.8, 4) is 0 Å². The van der Waals surface area contributed by atoms with Gasteiger partial charge >= 0.3 is 12.1 Å². The van der Waals surface area contributed by atoms with E-state index in [4.69, 9.17) is 5.11 Å². The van der Waals surface area contributed by atoms with E-state index in [0.29, 0.717) is 12.8 Å². The van der Waals surface area contributed by atoms with Crippen LogP contribution >= 0.6 is 0 Å². The number of piperidine rings is 1. The lowest BCUT2D eigenvalue weighted by Crippen LogP contribution is -2.46. The van der Waals surface area contributed by atoms with Crippen molar-refractivity contribution in [3.63, 3.8) is 0 Å². The molecule has 0 atom stereocenters. The Hall–Kier alpha value is -1.84. The van der Waals surface area contributed by atoms with Crippen molar-refractivity contribution in [2.75, 3.05) is 39.9 Å². The molecule has 1 rings (SSSR count). The molecule has 23 heavy (non-hydrogen) atoms. The number of carboxylic acids is 1. The normalized spacial score (nSPS) is 16.3. The zero-order valence-electron chi connectivity index (χ0n) is 12.6. The summed E-state index contributed by atoms with van der Waals surface area (Å²) in [6.45, 7) is -2.01. The maximum Gasteiger partial charge on any atom is 0.411 e. The number of hydrogen-bond donors (Lipinski definition) is 1. The molecule has 0 aromatic carbocycles. The third-order valence-electron chi connectivity index (χ3n) is 3.49. The molecule has 1 saturated heterocycles. The van der Waals surface area contributed by atoms with Crippen LogP contribution in [0, 0.1) is 5.92 Å². The van der Waals surface area contributed by atoms with Crippen molar-refractivity contribution in [2.45, 2.75) is 19.0 Å². The van der Waals surface area contributed by atoms with Gasteiger partial charge in [-0.3, -0.25) is 14.4 Å². The molecule has 0 radical (unpaired) electrons. The van der Waals surface area contributed by atoms with Crippen LogP contribution in [0.2, 0.25) is 0 Å². The fraction of sp³-hybridized carbons (Fsp3) is 0.769. The van der Waals surface area contributed by atoms with Gasteiger partial charge in [0.25, 0.3) is 0 Å². The number of rotatable bonds is 6. The average molecular weight is 340 g/mol. The second kappa shape index (κ2) is 8.14. The van der Waals surface area contributed by atoms with Crippen LogP contribution in [0.15, 0.2) is 0 Å². The van der Waals surface area contributed by atoms with E-state index < -0.39 is 37.2 Å². The monoisotopic (exact) mass is 340 g/mol. The van der Waals surface area contributed by atoms with Gasteiger partial charge in [0, 0.05) is 20.1 Å². The summed E-state index contributed by atoms with van der Waals surface area (Å²) >= 11 is 0. The van der Waals surface area contributed by atoms with Gasteiger partial charge in [0.05, 0.1) is 12.5 Å². The van der Waals surface area contributed by atoms with Gasteiger partial charge in [-0.1, -0.05) is 0 Å². The van der Waals surface area contributed by atoms with Crippen LogP contribution < -0.4 is 0 Å². The van der Waals surface area contributed by atoms with Crippen molar-refractivity contribution < 1.29 is 37.4 Å². The van der Waals surface area contributed by atoms with E-state index in [2.05, 4.69) is 4.74 Å². The Morgan fingerprint density at radius 2 is 1.83 bits per heavy atom. The van der Waals surface area contributed by atoms with Gasteiger partial charge in [0.2, 0.25) is 11.8 Å². The zero-order chi connectivity index (χ0) is 17.6. The topological polar surface area (TPSA) is 87.2 Å². The molecule has 0 spiro atoms. The lowest BCUT2D eigenvalue weighted by atomic mass is 9.97. The van der Waals surface area contributed by atoms with Gasteiger partial charge < -0.3 is 19.6 Å². The lowest BCUT2D eigenvalue weighted by Gasteiger charge is -2.31. The second-order valence-electron chi connectivity index (χ2n) is 5.35. The molecule has 7 nitrogen and oxygen atoms in total. The van der Waals surface area contributed by atoms with Crippen LogP contribution in [0.1, 0.15) is 12.8 Å². The van der Waals surface area contributed by atoms with Crippen molar-refractivity contribution in [1.82, 2.24) is 9.80 Å². The number of aliphatic carboxylic acids is 1. The highest BCUT2D eigenvalue weighted by Gasteiger charge is 2.29. The number of alkyl halides is 3. The summed E-state index contributed by atoms with van der Waals surface area (Å²) in [5.74, 6) is -2.48. The SMILES string of the molecule is CN(CC(=O)N1CCC(C(=O)O)CC1)C(=O)COCC(F)(F)F. The summed E-state index contributed by atoms with van der Waals surface area (Å²) in [6.07, 6.45) is -3.83. The number of halogens is 3. The molecule has 1 N–H and O–H groups in total. The zero-order valence-corrected chi connectivity index (χ0v) is 12.6. The smallest absolute Gasteiger partial charge is 0.411 e. The number of amides is 2. The first-order valence-corrected chi connectivity index (χ1v) is 6.99. The highest BCUT2D eigenvalue weighted by molar-refractivity contribution is 5.85. The fourth-order valence-corrected chi connectivity index (χ4v) is 2.13. The molecule has 0 aromatic heterocycles. The van der Waals surface area contributed by atoms with E-state index in [0.717, 1.165) is 4.90 Å². The number of likely N-dealkylation sites (tertiary alicyclic amines) is 1. The quantitative estimate of drug-likeness (QED) is 0.754. The maximum atomic E-state index is 12.0. The van der Waals surface area contributed by atoms with Crippen LogP contribution in [-0.2, 0) is 19.1 Å². The molecule has 0 aromatic rings. The highest BCUT2D eigenvalue weighted by Crippen LogP contribution is 2.17. The molecular formula is C13H19F3N2O5. The minimum atomic E-state index is -4.51. The van der Waals surface area contributed by atoms with Gasteiger partial charge in [-0.2, -0.15) is 13.2 Å². The van der Waals surface area contributed by atoms with Gasteiger partial charge in [-0.25, -0.2) is 0 Å². The molecule has 1 fully saturated rings. The van der Waals surface area contributed by atoms with Gasteiger partial charge in [0.1, 0.15) is 13.2 Å². The summed E-state index contributed by atoms with van der Waals surface area (Å²) < 4.78 is 39.9. The summed E-state index contributed by atoms with van der Waals surface area (Å²) in [5.41, 5.74) is 0. The summed E-state index contributed by atoms with van der Waals surface area (Å²) in [5, 5.41) is 8.87. The molecule has 0 bridgehead atoms. The lowest BCUT2D eigenvalue weighted by molar-refractivity contribution is -0.177. The highest BCUT2D eigenvalue weighted by atomic mass is 19.4. The number of carbonyl (C=O) groups excluding carboxylic acids is 2. The Kier molecular flexibility index (Phi) is 6.79. The molecular weight excluding hydrogens is 321 g/mol. The van der Waals surface area contributed by atoms with Gasteiger partial charge in [-0.05, 0) is 12.8 Å². The Morgan fingerprint density at radius 3 is 2.30 bits per heavy atom. The molecule has 1 aliphatic rings. The molecule has 132 valence electrons. The predicted molar refractivity (Wildman–Crippen MR) is 71.5 cm³/mol. The predicted octanol–water partition coefficient (Wildman–Crippen LogP) is 0.347. The van der Waals surface area contributed by atoms with E-state index >= 15 is 0 Å². The minimum Gasteiger partial charge on any atom is -0.481 e. The van der Waals surface area contributed by atoms with Crippen molar-refractivity contribution in [2.24, 2.45) is 5.92 Å². The van der Waals surface area contributed by atoms with E-state index in [1.807, 2.05) is 0 Å². The number of carbonyl (C=O) groups is 3. The van der Waals surface area contributed by atoms with E-state index in [1.165, 1.54) is 11.9 Å². The summed E-state index contributed by atoms with van der Waals surface area (Å²) in [6, 6.07) is 0. The first-order chi connectivity index (χ1) is 10.6. The summed E-state index contributed by atoms with van der Waals surface area (Å²) in [7, 11) is 1.29. The van der Waals surface area contributed by atoms with E-state index in [-0.39, 0.29) is 25.5 Å². The third-order valence-corrected chi connectivity index (χ3v) is 3.49. The van der Waals surface area contributed by atoms with Crippen LogP contribution in [0.4, 0.5) is 13.2 Å². The van der Waals surface area contributed by atoms with Crippen LogP contribution in [0.3, 0.4) is 0 Å². The Balaban J connectivity index is 2.33. The molecule has 10 heteroatoms. The first kappa shape index (κ1) is 19.2. The van der Waals surface area contributed by atoms with Gasteiger partial charge in [-0.15, -0.1) is 0 Å². The molecule has 1 heterocycles. The standard InChI is InChI=1S/C13H19F3N2O5/c1-17(11(20)7-23-8-13(14,15)16)6-10(19)18-4-2-9(3-5-18)12(21)22/h9H,2-8H2,1H3,(H,21,22). The Labute approximate surface area is 131 Å². The third kappa shape index (κ3) is 6.85. The number of likely N-dealkylation sites (N-methyl/N-ethyl adjacent to an activating group) is 1. The number of hydrogen-bond acceptors (Lipinski definition) is 4. The van der Waals surface area contributed by atoms with Crippen LogP contribution in [0.25, 0.3) is 0 Å². The molecule has 0 aliphatic carbocycles. The average Bonchev–Trinajstić information content (AvgIpc) is 2.45. The largest absolute Gasteiger partial charge is 0.481 e. The first-order valence-electron chi connectivity index (χ1n) is 6.99. The Morgan fingerprint density at radius 1 is 1.26 bits per heavy atom. The van der Waals surface area contributed by atoms with Crippen molar-refractivity contribution >= 4 is 17.8 Å². The second-order valence-corrected chi connectivity index (χ2v) is 5.35. The minimum absolute atomic E-state index is 0.280. The van der Waals surface area contributed by atoms with E-state index in [9.17, 15) is 27.6 Å². The van der Waals surface area contributed by atoms with Gasteiger partial charge in [0.15, 0.2) is 0 Å². The number of carboxylic acid groups (broad SMARTS) is 1. The summed E-state index contributed by atoms with van der Waals surface area (Å²) in [4.78, 5) is 36.8. The Bertz CT molecular complexity index is 447. The molecule has 1 aliphatic heterocycles. The molecule has 0 unspecified atom stereocenters. The fourth-order valence-electron chi connectivity index (χ4n) is 2.13. The number of nitrogens with zero attached hydrogens (tertiary/aromatic N) is 2. The maximum absolute atomic E-state index is 12.0.